The summed E-state index contributed by atoms with van der Waals surface area (Å²) in [7, 11) is 0. The molecule has 0 aromatic heterocycles. The van der Waals surface area contributed by atoms with Gasteiger partial charge in [0.2, 0.25) is 0 Å². The van der Waals surface area contributed by atoms with Crippen LogP contribution < -0.4 is 4.74 Å². The molecule has 1 aliphatic heterocycles. The smallest absolute Gasteiger partial charge is 0.262 e. The molecular weight excluding hydrogens is 249 g/mol. The standard InChI is InChI=1S/C11H9Cl2NO2/c12-5-8-6-16-10-4-2-1-3-9(10)11(15)14(8)7-13/h1-4,6H,5,7H2. The van der Waals surface area contributed by atoms with E-state index in [1.807, 2.05) is 0 Å². The lowest BCUT2D eigenvalue weighted by Crippen LogP contribution is -2.29. The summed E-state index contributed by atoms with van der Waals surface area (Å²) in [6.07, 6.45) is 1.46. The molecule has 0 aliphatic carbocycles. The van der Waals surface area contributed by atoms with Crippen LogP contribution in [0, 0.1) is 0 Å². The third-order valence-corrected chi connectivity index (χ3v) is 2.80. The molecule has 0 saturated carbocycles. The third kappa shape index (κ3) is 1.88. The number of benzene rings is 1. The molecule has 3 nitrogen and oxygen atoms in total. The number of amides is 1. The summed E-state index contributed by atoms with van der Waals surface area (Å²) in [6, 6.07) is 7.06. The van der Waals surface area contributed by atoms with Crippen LogP contribution in [0.5, 0.6) is 5.75 Å². The molecule has 0 saturated heterocycles. The van der Waals surface area contributed by atoms with Gasteiger partial charge in [0.1, 0.15) is 18.0 Å². The number of nitrogens with zero attached hydrogens (tertiary/aromatic N) is 1. The zero-order valence-electron chi connectivity index (χ0n) is 8.32. The van der Waals surface area contributed by atoms with Crippen molar-refractivity contribution in [3.05, 3.63) is 41.8 Å². The van der Waals surface area contributed by atoms with Crippen molar-refractivity contribution in [2.24, 2.45) is 0 Å². The molecular formula is C11H9Cl2NO2. The van der Waals surface area contributed by atoms with Gasteiger partial charge in [-0.25, -0.2) is 0 Å². The number of fused-ring (bicyclic) bond motifs is 1. The van der Waals surface area contributed by atoms with Gasteiger partial charge in [-0.1, -0.05) is 12.1 Å². The van der Waals surface area contributed by atoms with Gasteiger partial charge in [-0.3, -0.25) is 9.69 Å². The van der Waals surface area contributed by atoms with Crippen molar-refractivity contribution >= 4 is 29.1 Å². The Kier molecular flexibility index (Phi) is 3.36. The number of halogens is 2. The topological polar surface area (TPSA) is 29.5 Å². The molecule has 5 heteroatoms. The molecule has 84 valence electrons. The van der Waals surface area contributed by atoms with Crippen LogP contribution in [-0.2, 0) is 0 Å². The van der Waals surface area contributed by atoms with Gasteiger partial charge >= 0.3 is 0 Å². The number of carbonyl (C=O) groups excluding carboxylic acids is 1. The van der Waals surface area contributed by atoms with Crippen LogP contribution in [-0.4, -0.2) is 22.7 Å². The van der Waals surface area contributed by atoms with Gasteiger partial charge in [-0.2, -0.15) is 0 Å². The van der Waals surface area contributed by atoms with E-state index < -0.39 is 0 Å². The Morgan fingerprint density at radius 2 is 2.00 bits per heavy atom. The molecule has 2 rings (SSSR count). The molecule has 0 N–H and O–H groups in total. The van der Waals surface area contributed by atoms with Gasteiger partial charge in [-0.15, -0.1) is 23.2 Å². The second kappa shape index (κ2) is 4.76. The highest BCUT2D eigenvalue weighted by molar-refractivity contribution is 6.21. The average molecular weight is 258 g/mol. The van der Waals surface area contributed by atoms with E-state index >= 15 is 0 Å². The predicted octanol–water partition coefficient (Wildman–Crippen LogP) is 2.80. The quantitative estimate of drug-likeness (QED) is 0.603. The summed E-state index contributed by atoms with van der Waals surface area (Å²) in [6.45, 7) is 0. The van der Waals surface area contributed by atoms with Gasteiger partial charge in [0.05, 0.1) is 17.1 Å². The maximum Gasteiger partial charge on any atom is 0.262 e. The van der Waals surface area contributed by atoms with Gasteiger partial charge in [-0.05, 0) is 12.1 Å². The summed E-state index contributed by atoms with van der Waals surface area (Å²) in [5.74, 6) is 0.490. The molecule has 1 amide bonds. The van der Waals surface area contributed by atoms with Crippen LogP contribution in [0.25, 0.3) is 0 Å². The SMILES string of the molecule is O=C1c2ccccc2OC=C(CCl)N1CCl. The van der Waals surface area contributed by atoms with Crippen LogP contribution in [0.3, 0.4) is 0 Å². The number of ether oxygens (including phenoxy) is 1. The molecule has 0 atom stereocenters. The van der Waals surface area contributed by atoms with Crippen LogP contribution in [0.2, 0.25) is 0 Å². The Hall–Kier alpha value is -1.19. The second-order valence-corrected chi connectivity index (χ2v) is 3.72. The number of hydrogen-bond acceptors (Lipinski definition) is 2. The minimum absolute atomic E-state index is 0.0507. The van der Waals surface area contributed by atoms with E-state index in [-0.39, 0.29) is 17.8 Å². The number of allylic oxidation sites excluding steroid dienone is 1. The fourth-order valence-corrected chi connectivity index (χ4v) is 1.92. The fraction of sp³-hybridized carbons (Fsp3) is 0.182. The zero-order chi connectivity index (χ0) is 11.5. The second-order valence-electron chi connectivity index (χ2n) is 3.21. The molecule has 0 bridgehead atoms. The van der Waals surface area contributed by atoms with Gasteiger partial charge in [0.15, 0.2) is 0 Å². The van der Waals surface area contributed by atoms with Gasteiger partial charge < -0.3 is 4.74 Å². The molecule has 0 fully saturated rings. The molecule has 1 heterocycles. The third-order valence-electron chi connectivity index (χ3n) is 2.29. The summed E-state index contributed by atoms with van der Waals surface area (Å²) in [5, 5.41) is 0. The number of para-hydroxylation sites is 1. The van der Waals surface area contributed by atoms with Crippen molar-refractivity contribution in [2.45, 2.75) is 0 Å². The Morgan fingerprint density at radius 3 is 2.69 bits per heavy atom. The maximum absolute atomic E-state index is 12.1. The highest BCUT2D eigenvalue weighted by Gasteiger charge is 2.24. The van der Waals surface area contributed by atoms with E-state index in [2.05, 4.69) is 0 Å². The van der Waals surface area contributed by atoms with Gasteiger partial charge in [0, 0.05) is 0 Å². The molecule has 0 radical (unpaired) electrons. The van der Waals surface area contributed by atoms with E-state index in [4.69, 9.17) is 27.9 Å². The van der Waals surface area contributed by atoms with E-state index in [1.54, 1.807) is 24.3 Å². The summed E-state index contributed by atoms with van der Waals surface area (Å²) < 4.78 is 5.39. The number of carbonyl (C=O) groups is 1. The Labute approximate surface area is 103 Å². The normalized spacial score (nSPS) is 15.0. The van der Waals surface area contributed by atoms with Crippen LogP contribution in [0.4, 0.5) is 0 Å². The lowest BCUT2D eigenvalue weighted by atomic mass is 10.2. The van der Waals surface area contributed by atoms with Gasteiger partial charge in [0.25, 0.3) is 5.91 Å². The van der Waals surface area contributed by atoms with Crippen molar-refractivity contribution in [3.63, 3.8) is 0 Å². The first kappa shape index (κ1) is 11.3. The Balaban J connectivity index is 2.47. The van der Waals surface area contributed by atoms with Crippen LogP contribution >= 0.6 is 23.2 Å². The summed E-state index contributed by atoms with van der Waals surface area (Å²) >= 11 is 11.5. The van der Waals surface area contributed by atoms with E-state index in [0.717, 1.165) is 0 Å². The highest BCUT2D eigenvalue weighted by atomic mass is 35.5. The Morgan fingerprint density at radius 1 is 1.25 bits per heavy atom. The van der Waals surface area contributed by atoms with E-state index in [0.29, 0.717) is 17.0 Å². The lowest BCUT2D eigenvalue weighted by molar-refractivity contribution is 0.0830. The minimum Gasteiger partial charge on any atom is -0.462 e. The van der Waals surface area contributed by atoms with Crippen LogP contribution in [0.15, 0.2) is 36.2 Å². The summed E-state index contributed by atoms with van der Waals surface area (Å²) in [4.78, 5) is 13.5. The number of hydrogen-bond donors (Lipinski definition) is 0. The molecule has 1 aromatic carbocycles. The van der Waals surface area contributed by atoms with Crippen molar-refractivity contribution in [3.8, 4) is 5.75 Å². The number of alkyl halides is 2. The van der Waals surface area contributed by atoms with E-state index in [9.17, 15) is 4.79 Å². The number of rotatable bonds is 2. The van der Waals surface area contributed by atoms with Crippen molar-refractivity contribution in [2.75, 3.05) is 11.9 Å². The first-order valence-electron chi connectivity index (χ1n) is 4.66. The van der Waals surface area contributed by atoms with Crippen molar-refractivity contribution in [1.82, 2.24) is 4.90 Å². The summed E-state index contributed by atoms with van der Waals surface area (Å²) in [5.41, 5.74) is 1.04. The largest absolute Gasteiger partial charge is 0.462 e. The van der Waals surface area contributed by atoms with Crippen molar-refractivity contribution in [1.29, 1.82) is 0 Å². The molecule has 16 heavy (non-hydrogen) atoms. The molecule has 1 aromatic rings. The molecule has 0 unspecified atom stereocenters. The minimum atomic E-state index is -0.199. The average Bonchev–Trinajstić information content (AvgIpc) is 2.46. The fourth-order valence-electron chi connectivity index (χ4n) is 1.45. The maximum atomic E-state index is 12.1. The Bertz CT molecular complexity index is 445. The predicted molar refractivity (Wildman–Crippen MR) is 62.8 cm³/mol. The van der Waals surface area contributed by atoms with E-state index in [1.165, 1.54) is 11.2 Å². The molecule has 0 spiro atoms. The van der Waals surface area contributed by atoms with Crippen molar-refractivity contribution < 1.29 is 9.53 Å². The lowest BCUT2D eigenvalue weighted by Gasteiger charge is -2.18. The highest BCUT2D eigenvalue weighted by Crippen LogP contribution is 2.26. The van der Waals surface area contributed by atoms with Crippen LogP contribution in [0.1, 0.15) is 10.4 Å². The first-order chi connectivity index (χ1) is 7.77. The molecule has 1 aliphatic rings. The monoisotopic (exact) mass is 257 g/mol. The zero-order valence-corrected chi connectivity index (χ0v) is 9.83. The first-order valence-corrected chi connectivity index (χ1v) is 5.73.